The molecule has 1 saturated heterocycles. The number of thioether (sulfide) groups is 1. The molecule has 0 aliphatic carbocycles. The first-order valence-electron chi connectivity index (χ1n) is 7.11. The maximum atomic E-state index is 12.2. The summed E-state index contributed by atoms with van der Waals surface area (Å²) in [6.45, 7) is 3.20. The van der Waals surface area contributed by atoms with Gasteiger partial charge in [-0.2, -0.15) is 0 Å². The van der Waals surface area contributed by atoms with Crippen LogP contribution in [0.2, 0.25) is 0 Å². The van der Waals surface area contributed by atoms with Gasteiger partial charge in [0.2, 0.25) is 11.8 Å². The van der Waals surface area contributed by atoms with E-state index in [2.05, 4.69) is 10.6 Å². The van der Waals surface area contributed by atoms with E-state index in [-0.39, 0.29) is 24.4 Å². The highest BCUT2D eigenvalue weighted by Crippen LogP contribution is 2.09. The number of likely N-dealkylation sites (N-methyl/N-ethyl adjacent to an activating group) is 1. The Morgan fingerprint density at radius 2 is 2.14 bits per heavy atom. The zero-order valence-corrected chi connectivity index (χ0v) is 13.0. The molecule has 114 valence electrons. The lowest BCUT2D eigenvalue weighted by molar-refractivity contribution is -0.133. The van der Waals surface area contributed by atoms with Crippen LogP contribution < -0.4 is 10.6 Å². The van der Waals surface area contributed by atoms with E-state index in [4.69, 9.17) is 0 Å². The highest BCUT2D eigenvalue weighted by atomic mass is 32.2. The zero-order valence-electron chi connectivity index (χ0n) is 12.2. The van der Waals surface area contributed by atoms with Gasteiger partial charge in [0.15, 0.2) is 0 Å². The third-order valence-electron chi connectivity index (χ3n) is 3.40. The highest BCUT2D eigenvalue weighted by Gasteiger charge is 2.23. The molecule has 0 spiro atoms. The van der Waals surface area contributed by atoms with Crippen molar-refractivity contribution in [1.82, 2.24) is 15.5 Å². The number of nitrogens with one attached hydrogen (secondary N) is 2. The van der Waals surface area contributed by atoms with Crippen LogP contribution >= 0.6 is 11.8 Å². The fourth-order valence-electron chi connectivity index (χ4n) is 2.14. The molecule has 1 atom stereocenters. The molecular weight excluding hydrogens is 286 g/mol. The quantitative estimate of drug-likeness (QED) is 0.817. The maximum Gasteiger partial charge on any atom is 0.242 e. The minimum atomic E-state index is -0.174. The molecule has 2 rings (SSSR count). The molecule has 5 nitrogen and oxygen atoms in total. The third kappa shape index (κ3) is 4.75. The van der Waals surface area contributed by atoms with Crippen molar-refractivity contribution in [2.24, 2.45) is 0 Å². The second kappa shape index (κ2) is 8.05. The Balaban J connectivity index is 1.81. The van der Waals surface area contributed by atoms with Gasteiger partial charge in [-0.3, -0.25) is 14.9 Å². The Bertz CT molecular complexity index is 475. The molecule has 0 aromatic heterocycles. The standard InChI is InChI=1S/C15H21N3O2S/c1-2-18(9-12-6-4-3-5-7-12)14(19)8-16-15(20)13-10-21-11-17-13/h3-7,13,17H,2,8-11H2,1H3,(H,16,20). The SMILES string of the molecule is CCN(Cc1ccccc1)C(=O)CNC(=O)C1CSCN1. The average Bonchev–Trinajstić information content (AvgIpc) is 3.05. The Kier molecular flexibility index (Phi) is 6.07. The van der Waals surface area contributed by atoms with Crippen molar-refractivity contribution < 1.29 is 9.59 Å². The summed E-state index contributed by atoms with van der Waals surface area (Å²) in [5, 5.41) is 5.81. The number of benzene rings is 1. The first kappa shape index (κ1) is 15.9. The van der Waals surface area contributed by atoms with E-state index in [0.29, 0.717) is 13.1 Å². The summed E-state index contributed by atoms with van der Waals surface area (Å²) in [6.07, 6.45) is 0. The second-order valence-electron chi connectivity index (χ2n) is 4.88. The predicted octanol–water partition coefficient (Wildman–Crippen LogP) is 0.814. The molecule has 1 aliphatic rings. The lowest BCUT2D eigenvalue weighted by atomic mass is 10.2. The molecule has 6 heteroatoms. The first-order chi connectivity index (χ1) is 10.2. The van der Waals surface area contributed by atoms with Gasteiger partial charge in [-0.1, -0.05) is 30.3 Å². The van der Waals surface area contributed by atoms with Gasteiger partial charge < -0.3 is 10.2 Å². The normalized spacial score (nSPS) is 17.5. The summed E-state index contributed by atoms with van der Waals surface area (Å²) in [4.78, 5) is 25.8. The first-order valence-corrected chi connectivity index (χ1v) is 8.26. The summed E-state index contributed by atoms with van der Waals surface area (Å²) in [6, 6.07) is 9.68. The number of hydrogen-bond donors (Lipinski definition) is 2. The van der Waals surface area contributed by atoms with E-state index < -0.39 is 0 Å². The molecule has 1 unspecified atom stereocenters. The smallest absolute Gasteiger partial charge is 0.242 e. The van der Waals surface area contributed by atoms with Crippen molar-refractivity contribution >= 4 is 23.6 Å². The van der Waals surface area contributed by atoms with Crippen LogP contribution in [0.3, 0.4) is 0 Å². The van der Waals surface area contributed by atoms with Gasteiger partial charge >= 0.3 is 0 Å². The molecule has 1 aliphatic heterocycles. The number of carbonyl (C=O) groups is 2. The van der Waals surface area contributed by atoms with E-state index in [1.54, 1.807) is 16.7 Å². The van der Waals surface area contributed by atoms with Crippen molar-refractivity contribution in [2.75, 3.05) is 24.7 Å². The minimum Gasteiger partial charge on any atom is -0.346 e. The van der Waals surface area contributed by atoms with Gasteiger partial charge in [-0.05, 0) is 12.5 Å². The van der Waals surface area contributed by atoms with E-state index in [1.165, 1.54) is 0 Å². The number of rotatable bonds is 6. The average molecular weight is 307 g/mol. The van der Waals surface area contributed by atoms with E-state index >= 15 is 0 Å². The van der Waals surface area contributed by atoms with E-state index in [1.807, 2.05) is 37.3 Å². The summed E-state index contributed by atoms with van der Waals surface area (Å²) < 4.78 is 0. The van der Waals surface area contributed by atoms with E-state index in [9.17, 15) is 9.59 Å². The lowest BCUT2D eigenvalue weighted by Crippen LogP contribution is -2.46. The molecule has 1 aromatic rings. The Morgan fingerprint density at radius 3 is 2.76 bits per heavy atom. The van der Waals surface area contributed by atoms with Gasteiger partial charge in [0.25, 0.3) is 0 Å². The summed E-state index contributed by atoms with van der Waals surface area (Å²) in [7, 11) is 0. The molecule has 1 aromatic carbocycles. The topological polar surface area (TPSA) is 61.4 Å². The summed E-state index contributed by atoms with van der Waals surface area (Å²) in [5.41, 5.74) is 1.09. The van der Waals surface area contributed by atoms with Crippen molar-refractivity contribution in [3.63, 3.8) is 0 Å². The van der Waals surface area contributed by atoms with Crippen molar-refractivity contribution in [1.29, 1.82) is 0 Å². The van der Waals surface area contributed by atoms with Gasteiger partial charge in [0.05, 0.1) is 12.6 Å². The Morgan fingerprint density at radius 1 is 1.38 bits per heavy atom. The zero-order chi connectivity index (χ0) is 15.1. The molecule has 21 heavy (non-hydrogen) atoms. The Labute approximate surface area is 129 Å². The van der Waals surface area contributed by atoms with Crippen LogP contribution in [0.15, 0.2) is 30.3 Å². The summed E-state index contributed by atoms with van der Waals surface area (Å²) >= 11 is 1.69. The van der Waals surface area contributed by atoms with Gasteiger partial charge in [0, 0.05) is 24.7 Å². The predicted molar refractivity (Wildman–Crippen MR) is 84.8 cm³/mol. The van der Waals surface area contributed by atoms with Gasteiger partial charge in [-0.15, -0.1) is 11.8 Å². The lowest BCUT2D eigenvalue weighted by Gasteiger charge is -2.21. The molecular formula is C15H21N3O2S. The fraction of sp³-hybridized carbons (Fsp3) is 0.467. The fourth-order valence-corrected chi connectivity index (χ4v) is 3.08. The molecule has 1 heterocycles. The van der Waals surface area contributed by atoms with Crippen LogP contribution in [0.1, 0.15) is 12.5 Å². The third-order valence-corrected chi connectivity index (χ3v) is 4.34. The van der Waals surface area contributed by atoms with Crippen LogP contribution in [0.4, 0.5) is 0 Å². The van der Waals surface area contributed by atoms with Crippen LogP contribution in [0.5, 0.6) is 0 Å². The number of carbonyl (C=O) groups excluding carboxylic acids is 2. The highest BCUT2D eigenvalue weighted by molar-refractivity contribution is 7.99. The van der Waals surface area contributed by atoms with Crippen LogP contribution in [-0.2, 0) is 16.1 Å². The molecule has 0 saturated carbocycles. The van der Waals surface area contributed by atoms with Gasteiger partial charge in [-0.25, -0.2) is 0 Å². The van der Waals surface area contributed by atoms with Crippen molar-refractivity contribution in [3.8, 4) is 0 Å². The molecule has 2 N–H and O–H groups in total. The largest absolute Gasteiger partial charge is 0.346 e. The van der Waals surface area contributed by atoms with Crippen molar-refractivity contribution in [2.45, 2.75) is 19.5 Å². The minimum absolute atomic E-state index is 0.0552. The molecule has 0 radical (unpaired) electrons. The monoisotopic (exact) mass is 307 g/mol. The number of nitrogens with zero attached hydrogens (tertiary/aromatic N) is 1. The molecule has 2 amide bonds. The number of hydrogen-bond acceptors (Lipinski definition) is 4. The van der Waals surface area contributed by atoms with Crippen LogP contribution in [0.25, 0.3) is 0 Å². The Hall–Kier alpha value is -1.53. The number of amides is 2. The molecule has 0 bridgehead atoms. The van der Waals surface area contributed by atoms with Gasteiger partial charge in [0.1, 0.15) is 0 Å². The van der Waals surface area contributed by atoms with E-state index in [0.717, 1.165) is 17.2 Å². The van der Waals surface area contributed by atoms with Crippen LogP contribution in [-0.4, -0.2) is 47.5 Å². The molecule has 1 fully saturated rings. The summed E-state index contributed by atoms with van der Waals surface area (Å²) in [5.74, 6) is 1.41. The van der Waals surface area contributed by atoms with Crippen molar-refractivity contribution in [3.05, 3.63) is 35.9 Å². The maximum absolute atomic E-state index is 12.2. The van der Waals surface area contributed by atoms with Crippen LogP contribution in [0, 0.1) is 0 Å². The second-order valence-corrected chi connectivity index (χ2v) is 5.91.